The molecule has 1 fully saturated rings. The van der Waals surface area contributed by atoms with E-state index in [1.165, 1.54) is 12.8 Å². The van der Waals surface area contributed by atoms with Crippen molar-refractivity contribution in [2.45, 2.75) is 32.5 Å². The lowest BCUT2D eigenvalue weighted by molar-refractivity contribution is -0.117. The molecule has 1 atom stereocenters. The number of nitrogens with zero attached hydrogens (tertiary/aromatic N) is 5. The lowest BCUT2D eigenvalue weighted by atomic mass is 9.99. The molecule has 8 heteroatoms. The molecule has 2 aromatic rings. The van der Waals surface area contributed by atoms with E-state index >= 15 is 0 Å². The summed E-state index contributed by atoms with van der Waals surface area (Å²) in [6, 6.07) is 15.6. The number of nitrogens with one attached hydrogen (secondary N) is 1. The van der Waals surface area contributed by atoms with Crippen molar-refractivity contribution < 1.29 is 9.59 Å². The molecule has 3 aliphatic rings. The molecule has 37 heavy (non-hydrogen) atoms. The fourth-order valence-electron chi connectivity index (χ4n) is 5.16. The molecule has 5 rings (SSSR count). The van der Waals surface area contributed by atoms with Gasteiger partial charge >= 0.3 is 0 Å². The molecule has 194 valence electrons. The van der Waals surface area contributed by atoms with Crippen LogP contribution < -0.4 is 10.2 Å². The van der Waals surface area contributed by atoms with E-state index in [9.17, 15) is 9.59 Å². The Bertz CT molecular complexity index is 1210. The van der Waals surface area contributed by atoms with E-state index in [-0.39, 0.29) is 18.1 Å². The Kier molecular flexibility index (Phi) is 7.28. The summed E-state index contributed by atoms with van der Waals surface area (Å²) < 4.78 is 0. The molecule has 1 N–H and O–H groups in total. The zero-order chi connectivity index (χ0) is 25.9. The highest BCUT2D eigenvalue weighted by molar-refractivity contribution is 6.22. The molecule has 0 saturated carbocycles. The molecule has 8 nitrogen and oxygen atoms in total. The molecule has 0 radical (unpaired) electrons. The van der Waals surface area contributed by atoms with Crippen LogP contribution in [0.3, 0.4) is 0 Å². The fourth-order valence-corrected chi connectivity index (χ4v) is 5.16. The third-order valence-corrected chi connectivity index (χ3v) is 7.45. The second kappa shape index (κ2) is 10.8. The third-order valence-electron chi connectivity index (χ3n) is 7.45. The van der Waals surface area contributed by atoms with Crippen molar-refractivity contribution in [1.82, 2.24) is 14.7 Å². The number of anilines is 2. The van der Waals surface area contributed by atoms with Gasteiger partial charge < -0.3 is 20.0 Å². The minimum atomic E-state index is -0.330. The quantitative estimate of drug-likeness (QED) is 0.656. The van der Waals surface area contributed by atoms with Gasteiger partial charge in [0.05, 0.1) is 17.8 Å². The number of fused-ring (bicyclic) bond motifs is 3. The Morgan fingerprint density at radius 2 is 1.76 bits per heavy atom. The first-order valence-electron chi connectivity index (χ1n) is 13.2. The Morgan fingerprint density at radius 1 is 1.03 bits per heavy atom. The van der Waals surface area contributed by atoms with Crippen molar-refractivity contribution >= 4 is 28.9 Å². The minimum absolute atomic E-state index is 0.0475. The van der Waals surface area contributed by atoms with Gasteiger partial charge in [0.25, 0.3) is 5.91 Å². The van der Waals surface area contributed by atoms with Crippen LogP contribution in [0, 0.1) is 0 Å². The molecule has 1 unspecified atom stereocenters. The standard InChI is InChI=1S/C29H36N6O2/c1-4-5-14-34-15-17-35(18-16-34)28(37)21-10-12-23(13-11-21)30-29-31-27-22(20-32(29)2)19-26(36)33(3)25-9-7-6-8-24(25)27/h6-13,20,29-30H,4-5,14-19H2,1-3H3. The number of rotatable bonds is 6. The second-order valence-electron chi connectivity index (χ2n) is 10.0. The lowest BCUT2D eigenvalue weighted by Gasteiger charge is -2.34. The number of hydrogen-bond acceptors (Lipinski definition) is 6. The monoisotopic (exact) mass is 500 g/mol. The van der Waals surface area contributed by atoms with Gasteiger partial charge in [-0.15, -0.1) is 0 Å². The number of piperazine rings is 1. The third kappa shape index (κ3) is 5.25. The molecule has 0 bridgehead atoms. The number of amides is 2. The maximum atomic E-state index is 13.1. The Labute approximate surface area is 219 Å². The van der Waals surface area contributed by atoms with Gasteiger partial charge in [0.15, 0.2) is 6.29 Å². The average Bonchev–Trinajstić information content (AvgIpc) is 3.02. The van der Waals surface area contributed by atoms with Gasteiger partial charge in [-0.2, -0.15) is 0 Å². The zero-order valence-corrected chi connectivity index (χ0v) is 22.0. The maximum absolute atomic E-state index is 13.1. The number of carbonyl (C=O) groups is 2. The van der Waals surface area contributed by atoms with Crippen LogP contribution in [-0.4, -0.2) is 85.3 Å². The topological polar surface area (TPSA) is 71.5 Å². The highest BCUT2D eigenvalue weighted by atomic mass is 16.2. The van der Waals surface area contributed by atoms with E-state index in [0.29, 0.717) is 12.0 Å². The van der Waals surface area contributed by atoms with E-state index in [1.807, 2.05) is 78.6 Å². The van der Waals surface area contributed by atoms with Crippen LogP contribution in [0.15, 0.2) is 65.3 Å². The first kappa shape index (κ1) is 25.0. The largest absolute Gasteiger partial charge is 0.347 e. The van der Waals surface area contributed by atoms with Gasteiger partial charge in [-0.05, 0) is 43.3 Å². The summed E-state index contributed by atoms with van der Waals surface area (Å²) >= 11 is 0. The summed E-state index contributed by atoms with van der Waals surface area (Å²) in [5.41, 5.74) is 5.17. The van der Waals surface area contributed by atoms with Crippen LogP contribution in [0.5, 0.6) is 0 Å². The molecule has 0 spiro atoms. The van der Waals surface area contributed by atoms with Gasteiger partial charge in [0.1, 0.15) is 0 Å². The van der Waals surface area contributed by atoms with Crippen LogP contribution >= 0.6 is 0 Å². The molecule has 2 amide bonds. The van der Waals surface area contributed by atoms with Crippen LogP contribution in [-0.2, 0) is 4.79 Å². The molecule has 0 aromatic heterocycles. The molecular weight excluding hydrogens is 464 g/mol. The first-order valence-corrected chi connectivity index (χ1v) is 13.2. The Balaban J connectivity index is 1.28. The molecule has 3 aliphatic heterocycles. The Morgan fingerprint density at radius 3 is 2.49 bits per heavy atom. The van der Waals surface area contributed by atoms with E-state index < -0.39 is 0 Å². The number of aliphatic imine (C=N–C) groups is 1. The highest BCUT2D eigenvalue weighted by Gasteiger charge is 2.30. The van der Waals surface area contributed by atoms with E-state index in [2.05, 4.69) is 17.1 Å². The summed E-state index contributed by atoms with van der Waals surface area (Å²) in [7, 11) is 3.77. The average molecular weight is 501 g/mol. The molecule has 3 heterocycles. The van der Waals surface area contributed by atoms with E-state index in [0.717, 1.165) is 60.9 Å². The molecule has 1 saturated heterocycles. The van der Waals surface area contributed by atoms with Gasteiger partial charge in [-0.1, -0.05) is 31.5 Å². The number of unbranched alkanes of at least 4 members (excludes halogenated alkanes) is 1. The summed E-state index contributed by atoms with van der Waals surface area (Å²) in [6.07, 6.45) is 4.40. The normalized spacial score (nSPS) is 20.0. The molecule has 0 aliphatic carbocycles. The molecule has 2 aromatic carbocycles. The number of para-hydroxylation sites is 1. The summed E-state index contributed by atoms with van der Waals surface area (Å²) in [6.45, 7) is 6.78. The van der Waals surface area contributed by atoms with Gasteiger partial charge in [-0.25, -0.2) is 4.99 Å². The summed E-state index contributed by atoms with van der Waals surface area (Å²) in [4.78, 5) is 38.9. The minimum Gasteiger partial charge on any atom is -0.347 e. The van der Waals surface area contributed by atoms with Gasteiger partial charge in [0.2, 0.25) is 5.91 Å². The van der Waals surface area contributed by atoms with E-state index in [4.69, 9.17) is 4.99 Å². The summed E-state index contributed by atoms with van der Waals surface area (Å²) in [5, 5.41) is 3.47. The van der Waals surface area contributed by atoms with Crippen LogP contribution in [0.4, 0.5) is 11.4 Å². The van der Waals surface area contributed by atoms with Crippen molar-refractivity contribution in [1.29, 1.82) is 0 Å². The van der Waals surface area contributed by atoms with E-state index in [1.54, 1.807) is 4.90 Å². The summed E-state index contributed by atoms with van der Waals surface area (Å²) in [5.74, 6) is 0.138. The molecular formula is C29H36N6O2. The van der Waals surface area contributed by atoms with Crippen molar-refractivity contribution in [3.8, 4) is 0 Å². The number of hydrogen-bond donors (Lipinski definition) is 1. The van der Waals surface area contributed by atoms with Crippen molar-refractivity contribution in [2.24, 2.45) is 4.99 Å². The van der Waals surface area contributed by atoms with Crippen LogP contribution in [0.2, 0.25) is 0 Å². The maximum Gasteiger partial charge on any atom is 0.253 e. The van der Waals surface area contributed by atoms with Crippen LogP contribution in [0.25, 0.3) is 0 Å². The first-order chi connectivity index (χ1) is 17.9. The van der Waals surface area contributed by atoms with Crippen molar-refractivity contribution in [2.75, 3.05) is 57.0 Å². The predicted molar refractivity (Wildman–Crippen MR) is 148 cm³/mol. The predicted octanol–water partition coefficient (Wildman–Crippen LogP) is 3.63. The lowest BCUT2D eigenvalue weighted by Crippen LogP contribution is -2.48. The highest BCUT2D eigenvalue weighted by Crippen LogP contribution is 2.32. The van der Waals surface area contributed by atoms with Crippen molar-refractivity contribution in [3.63, 3.8) is 0 Å². The second-order valence-corrected chi connectivity index (χ2v) is 10.0. The fraction of sp³-hybridized carbons (Fsp3) is 0.414. The zero-order valence-electron chi connectivity index (χ0n) is 22.0. The Hall–Kier alpha value is -3.65. The van der Waals surface area contributed by atoms with Gasteiger partial charge in [-0.3, -0.25) is 14.5 Å². The van der Waals surface area contributed by atoms with Crippen LogP contribution in [0.1, 0.15) is 42.1 Å². The number of benzene rings is 2. The van der Waals surface area contributed by atoms with Gasteiger partial charge in [0, 0.05) is 68.9 Å². The number of carbonyl (C=O) groups excluding carboxylic acids is 2. The van der Waals surface area contributed by atoms with Crippen molar-refractivity contribution in [3.05, 3.63) is 71.4 Å². The smallest absolute Gasteiger partial charge is 0.253 e. The SMILES string of the molecule is CCCCN1CCN(C(=O)c2ccc(NC3N=C4C(=CN3C)CC(=O)N(C)c3ccccc34)cc2)CC1.